The fraction of sp³-hybridized carbons (Fsp3) is 0.385. The molecule has 0 bridgehead atoms. The van der Waals surface area contributed by atoms with Crippen LogP contribution in [0.2, 0.25) is 4.34 Å². The van der Waals surface area contributed by atoms with Gasteiger partial charge in [0.2, 0.25) is 0 Å². The van der Waals surface area contributed by atoms with Gasteiger partial charge in [-0.15, -0.1) is 11.3 Å². The van der Waals surface area contributed by atoms with Gasteiger partial charge in [0.25, 0.3) is 0 Å². The van der Waals surface area contributed by atoms with Crippen molar-refractivity contribution in [1.29, 1.82) is 0 Å². The summed E-state index contributed by atoms with van der Waals surface area (Å²) in [5.41, 5.74) is 1.38. The van der Waals surface area contributed by atoms with Crippen LogP contribution in [0.4, 0.5) is 0 Å². The monoisotopic (exact) mass is 285 g/mol. The van der Waals surface area contributed by atoms with Crippen LogP contribution < -0.4 is 5.32 Å². The summed E-state index contributed by atoms with van der Waals surface area (Å²) in [7, 11) is 0. The van der Waals surface area contributed by atoms with Gasteiger partial charge >= 0.3 is 0 Å². The van der Waals surface area contributed by atoms with E-state index < -0.39 is 0 Å². The van der Waals surface area contributed by atoms with Gasteiger partial charge in [0.1, 0.15) is 0 Å². The molecule has 17 heavy (non-hydrogen) atoms. The van der Waals surface area contributed by atoms with Crippen LogP contribution in [0.15, 0.2) is 29.0 Å². The Bertz CT molecular complexity index is 436. The van der Waals surface area contributed by atoms with Gasteiger partial charge in [0.05, 0.1) is 4.34 Å². The van der Waals surface area contributed by atoms with Crippen molar-refractivity contribution in [3.8, 4) is 0 Å². The minimum atomic E-state index is 0.413. The maximum atomic E-state index is 5.97. The highest BCUT2D eigenvalue weighted by molar-refractivity contribution is 7.16. The van der Waals surface area contributed by atoms with E-state index in [-0.39, 0.29) is 0 Å². The Morgan fingerprint density at radius 1 is 1.35 bits per heavy atom. The van der Waals surface area contributed by atoms with E-state index in [9.17, 15) is 0 Å². The molecule has 2 heterocycles. The first-order valence-electron chi connectivity index (χ1n) is 5.79. The zero-order chi connectivity index (χ0) is 12.1. The minimum absolute atomic E-state index is 0.413. The number of hydrogen-bond acceptors (Lipinski definition) is 3. The molecule has 1 N–H and O–H groups in total. The Kier molecular flexibility index (Phi) is 5.04. The Morgan fingerprint density at radius 3 is 2.82 bits per heavy atom. The lowest BCUT2D eigenvalue weighted by Crippen LogP contribution is -2.23. The van der Waals surface area contributed by atoms with E-state index in [0.717, 1.165) is 23.7 Å². The molecule has 1 atom stereocenters. The van der Waals surface area contributed by atoms with E-state index in [1.54, 1.807) is 22.7 Å². The molecule has 0 saturated heterocycles. The van der Waals surface area contributed by atoms with Crippen LogP contribution in [0, 0.1) is 0 Å². The quantitative estimate of drug-likeness (QED) is 0.808. The highest BCUT2D eigenvalue weighted by Crippen LogP contribution is 2.27. The van der Waals surface area contributed by atoms with Crippen molar-refractivity contribution in [2.45, 2.75) is 25.8 Å². The van der Waals surface area contributed by atoms with Crippen LogP contribution in [0.5, 0.6) is 0 Å². The molecular weight excluding hydrogens is 270 g/mol. The van der Waals surface area contributed by atoms with Gasteiger partial charge in [-0.25, -0.2) is 0 Å². The Hall–Kier alpha value is -0.350. The third-order valence-electron chi connectivity index (χ3n) is 2.62. The fourth-order valence-electron chi connectivity index (χ4n) is 1.76. The third kappa shape index (κ3) is 3.81. The molecule has 0 fully saturated rings. The zero-order valence-electron chi connectivity index (χ0n) is 9.78. The van der Waals surface area contributed by atoms with Crippen molar-refractivity contribution < 1.29 is 0 Å². The Balaban J connectivity index is 2.05. The summed E-state index contributed by atoms with van der Waals surface area (Å²) in [4.78, 5) is 1.34. The molecule has 92 valence electrons. The summed E-state index contributed by atoms with van der Waals surface area (Å²) >= 11 is 9.40. The van der Waals surface area contributed by atoms with E-state index in [4.69, 9.17) is 11.6 Å². The molecule has 1 nitrogen and oxygen atoms in total. The molecule has 0 aliphatic rings. The Morgan fingerprint density at radius 2 is 2.24 bits per heavy atom. The number of rotatable bonds is 6. The standard InChI is InChI=1S/C13H16ClNS2/c1-2-6-15-12(10-5-7-16-9-10)8-11-3-4-13(14)17-11/h3-5,7,9,12,15H,2,6,8H2,1H3. The van der Waals surface area contributed by atoms with Gasteiger partial charge in [0, 0.05) is 17.3 Å². The minimum Gasteiger partial charge on any atom is -0.310 e. The lowest BCUT2D eigenvalue weighted by molar-refractivity contribution is 0.533. The van der Waals surface area contributed by atoms with Crippen molar-refractivity contribution in [2.75, 3.05) is 6.54 Å². The van der Waals surface area contributed by atoms with E-state index in [1.165, 1.54) is 10.4 Å². The van der Waals surface area contributed by atoms with Crippen molar-refractivity contribution in [3.05, 3.63) is 43.7 Å². The maximum absolute atomic E-state index is 5.97. The van der Waals surface area contributed by atoms with Gasteiger partial charge in [-0.05, 0) is 47.5 Å². The van der Waals surface area contributed by atoms with Crippen molar-refractivity contribution >= 4 is 34.3 Å². The predicted molar refractivity (Wildman–Crippen MR) is 78.4 cm³/mol. The van der Waals surface area contributed by atoms with E-state index in [2.05, 4.69) is 35.1 Å². The van der Waals surface area contributed by atoms with Gasteiger partial charge < -0.3 is 5.32 Å². The number of thiophene rings is 2. The zero-order valence-corrected chi connectivity index (χ0v) is 12.2. The molecule has 0 radical (unpaired) electrons. The summed E-state index contributed by atoms with van der Waals surface area (Å²) in [5.74, 6) is 0. The van der Waals surface area contributed by atoms with Crippen LogP contribution in [0.25, 0.3) is 0 Å². The second-order valence-electron chi connectivity index (χ2n) is 3.97. The molecule has 0 aromatic carbocycles. The van der Waals surface area contributed by atoms with Gasteiger partial charge in [-0.2, -0.15) is 11.3 Å². The number of nitrogens with one attached hydrogen (secondary N) is 1. The summed E-state index contributed by atoms with van der Waals surface area (Å²) in [6.45, 7) is 3.25. The summed E-state index contributed by atoms with van der Waals surface area (Å²) in [6.07, 6.45) is 2.18. The van der Waals surface area contributed by atoms with Crippen LogP contribution in [0.1, 0.15) is 29.8 Å². The molecule has 2 aromatic heterocycles. The highest BCUT2D eigenvalue weighted by atomic mass is 35.5. The van der Waals surface area contributed by atoms with Gasteiger partial charge in [-0.3, -0.25) is 0 Å². The van der Waals surface area contributed by atoms with Crippen molar-refractivity contribution in [2.24, 2.45) is 0 Å². The highest BCUT2D eigenvalue weighted by Gasteiger charge is 2.13. The average Bonchev–Trinajstić information content (AvgIpc) is 2.95. The first kappa shape index (κ1) is 13.1. The fourth-order valence-corrected chi connectivity index (χ4v) is 3.61. The molecule has 0 saturated carbocycles. The molecule has 4 heteroatoms. The van der Waals surface area contributed by atoms with Gasteiger partial charge in [0.15, 0.2) is 0 Å². The third-order valence-corrected chi connectivity index (χ3v) is 4.58. The second-order valence-corrected chi connectivity index (χ2v) is 6.55. The molecule has 0 aliphatic heterocycles. The van der Waals surface area contributed by atoms with Crippen LogP contribution in [-0.4, -0.2) is 6.54 Å². The molecule has 0 spiro atoms. The molecular formula is C13H16ClNS2. The molecule has 0 aliphatic carbocycles. The van der Waals surface area contributed by atoms with E-state index in [1.807, 2.05) is 6.07 Å². The Labute approximate surface area is 115 Å². The molecule has 2 rings (SSSR count). The van der Waals surface area contributed by atoms with Crippen molar-refractivity contribution in [3.63, 3.8) is 0 Å². The first-order chi connectivity index (χ1) is 8.29. The summed E-state index contributed by atoms with van der Waals surface area (Å²) in [5, 5.41) is 7.96. The largest absolute Gasteiger partial charge is 0.310 e. The lowest BCUT2D eigenvalue weighted by atomic mass is 10.1. The lowest BCUT2D eigenvalue weighted by Gasteiger charge is -2.16. The molecule has 2 aromatic rings. The maximum Gasteiger partial charge on any atom is 0.0931 e. The van der Waals surface area contributed by atoms with Crippen LogP contribution in [-0.2, 0) is 6.42 Å². The SMILES string of the molecule is CCCNC(Cc1ccc(Cl)s1)c1ccsc1. The van der Waals surface area contributed by atoms with Crippen LogP contribution in [0.3, 0.4) is 0 Å². The second kappa shape index (κ2) is 6.55. The topological polar surface area (TPSA) is 12.0 Å². The van der Waals surface area contributed by atoms with Gasteiger partial charge in [-0.1, -0.05) is 18.5 Å². The van der Waals surface area contributed by atoms with E-state index >= 15 is 0 Å². The predicted octanol–water partition coefficient (Wildman–Crippen LogP) is 4.75. The smallest absolute Gasteiger partial charge is 0.0931 e. The summed E-state index contributed by atoms with van der Waals surface area (Å²) < 4.78 is 0.875. The normalized spacial score (nSPS) is 12.8. The molecule has 1 unspecified atom stereocenters. The number of halogens is 1. The molecule has 0 amide bonds. The van der Waals surface area contributed by atoms with Crippen molar-refractivity contribution in [1.82, 2.24) is 5.32 Å². The first-order valence-corrected chi connectivity index (χ1v) is 7.93. The average molecular weight is 286 g/mol. The summed E-state index contributed by atoms with van der Waals surface area (Å²) in [6, 6.07) is 6.72. The van der Waals surface area contributed by atoms with Crippen LogP contribution >= 0.6 is 34.3 Å². The number of hydrogen-bond donors (Lipinski definition) is 1. The van der Waals surface area contributed by atoms with E-state index in [0.29, 0.717) is 6.04 Å².